The predicted molar refractivity (Wildman–Crippen MR) is 63.6 cm³/mol. The van der Waals surface area contributed by atoms with Gasteiger partial charge in [-0.15, -0.1) is 9.42 Å². The van der Waals surface area contributed by atoms with Gasteiger partial charge in [-0.1, -0.05) is 0 Å². The molecule has 0 fully saturated rings. The Balaban J connectivity index is 0. The van der Waals surface area contributed by atoms with Crippen LogP contribution in [0.25, 0.3) is 0 Å². The third-order valence-electron chi connectivity index (χ3n) is 1.68. The van der Waals surface area contributed by atoms with Crippen molar-refractivity contribution >= 4 is 8.25 Å². The van der Waals surface area contributed by atoms with E-state index in [9.17, 15) is 4.57 Å². The highest BCUT2D eigenvalue weighted by Gasteiger charge is 2.16. The number of aliphatic hydroxyl groups is 2. The van der Waals surface area contributed by atoms with Gasteiger partial charge in [0.25, 0.3) is 0 Å². The molecule has 2 atom stereocenters. The maximum atomic E-state index is 9.92. The molecule has 2 unspecified atom stereocenters. The highest BCUT2D eigenvalue weighted by Crippen LogP contribution is 2.14. The fourth-order valence-corrected chi connectivity index (χ4v) is 0.936. The van der Waals surface area contributed by atoms with Crippen molar-refractivity contribution in [2.24, 2.45) is 0 Å². The summed E-state index contributed by atoms with van der Waals surface area (Å²) < 4.78 is 19.7. The number of aliphatic hydroxyl groups excluding tert-OH is 2. The molecule has 8 heteroatoms. The Bertz CT molecular complexity index is 192. The second kappa shape index (κ2) is 11.0. The average molecular weight is 273 g/mol. The summed E-state index contributed by atoms with van der Waals surface area (Å²) in [4.78, 5) is 8.14. The first-order valence-electron chi connectivity index (χ1n) is 5.10. The van der Waals surface area contributed by atoms with Crippen LogP contribution >= 0.6 is 8.25 Å². The molecule has 104 valence electrons. The van der Waals surface area contributed by atoms with E-state index in [0.717, 1.165) is 11.0 Å². The van der Waals surface area contributed by atoms with Crippen LogP contribution in [0.15, 0.2) is 0 Å². The van der Waals surface area contributed by atoms with Crippen molar-refractivity contribution in [2.45, 2.75) is 6.10 Å². The lowest BCUT2D eigenvalue weighted by atomic mass is 10.4. The van der Waals surface area contributed by atoms with Gasteiger partial charge in [-0.05, 0) is 0 Å². The van der Waals surface area contributed by atoms with Crippen LogP contribution in [0.2, 0.25) is 0 Å². The fourth-order valence-electron chi connectivity index (χ4n) is 0.642. The van der Waals surface area contributed by atoms with Crippen molar-refractivity contribution in [1.82, 2.24) is 0 Å². The van der Waals surface area contributed by atoms with Crippen LogP contribution < -0.4 is 0 Å². The van der Waals surface area contributed by atoms with E-state index in [1.165, 1.54) is 7.11 Å². The van der Waals surface area contributed by atoms with E-state index in [2.05, 4.69) is 30.4 Å². The third kappa shape index (κ3) is 18.4. The molecule has 0 aliphatic rings. The van der Waals surface area contributed by atoms with E-state index in [0.29, 0.717) is 0 Å². The molecule has 0 aromatic heterocycles. The zero-order chi connectivity index (χ0) is 13.9. The van der Waals surface area contributed by atoms with Gasteiger partial charge in [0.15, 0.2) is 0 Å². The summed E-state index contributed by atoms with van der Waals surface area (Å²) in [6.45, 7) is 0.821. The summed E-state index contributed by atoms with van der Waals surface area (Å²) >= 11 is 0. The molecule has 17 heavy (non-hydrogen) atoms. The monoisotopic (exact) mass is 273 g/mol. The van der Waals surface area contributed by atoms with Gasteiger partial charge in [0.1, 0.15) is 19.3 Å². The first-order valence-corrected chi connectivity index (χ1v) is 6.23. The lowest BCUT2D eigenvalue weighted by molar-refractivity contribution is -0.870. The number of likely N-dealkylation sites (N-methyl/N-ethyl adjacent to an activating group) is 1. The quantitative estimate of drug-likeness (QED) is 0.421. The summed E-state index contributed by atoms with van der Waals surface area (Å²) in [5.41, 5.74) is 0. The first-order chi connectivity index (χ1) is 7.76. The van der Waals surface area contributed by atoms with Gasteiger partial charge in [-0.25, -0.2) is 0 Å². The normalized spacial score (nSPS) is 13.7. The van der Waals surface area contributed by atoms with E-state index >= 15 is 0 Å². The van der Waals surface area contributed by atoms with E-state index in [4.69, 9.17) is 15.1 Å². The molecule has 0 aromatic rings. The van der Waals surface area contributed by atoms with Crippen LogP contribution in [0.3, 0.4) is 0 Å². The molecule has 3 N–H and O–H groups in total. The van der Waals surface area contributed by atoms with Crippen molar-refractivity contribution in [1.29, 1.82) is 0 Å². The maximum absolute atomic E-state index is 9.92. The minimum atomic E-state index is -2.59. The molecule has 0 radical (unpaired) electrons. The number of hydrogen-bond donors (Lipinski definition) is 3. The Morgan fingerprint density at radius 2 is 1.82 bits per heavy atom. The molecule has 0 aliphatic carbocycles. The predicted octanol–water partition coefficient (Wildman–Crippen LogP) is -0.655. The van der Waals surface area contributed by atoms with Crippen molar-refractivity contribution < 1.29 is 33.4 Å². The summed E-state index contributed by atoms with van der Waals surface area (Å²) in [6, 6.07) is 0. The molecule has 0 aliphatic heterocycles. The number of methoxy groups -OCH3 is 1. The van der Waals surface area contributed by atoms with Crippen LogP contribution in [0.5, 0.6) is 0 Å². The SMILES string of the molecule is COC(CO)CO[P+](=O)O.C[N+](C)(C)CCO. The number of nitrogens with zero attached hydrogens (tertiary/aromatic N) is 1. The average Bonchev–Trinajstić information content (AvgIpc) is 2.18. The van der Waals surface area contributed by atoms with Gasteiger partial charge < -0.3 is 19.4 Å². The van der Waals surface area contributed by atoms with Gasteiger partial charge in [0, 0.05) is 11.7 Å². The molecule has 0 spiro atoms. The van der Waals surface area contributed by atoms with E-state index in [1.807, 2.05) is 0 Å². The molecular formula is C9H24NO6P+2. The number of quaternary nitrogens is 1. The standard InChI is InChI=1S/C5H14NO.C4H9O5P/c1-6(2,3)4-5-7;1-8-4(2-5)3-9-10(6)7/h7H,4-5H2,1-3H3;4-5H,2-3H2,1H3/q+1;/p+1. The molecule has 0 bridgehead atoms. The first kappa shape index (κ1) is 19.2. The zero-order valence-corrected chi connectivity index (χ0v) is 11.8. The zero-order valence-electron chi connectivity index (χ0n) is 10.9. The Labute approximate surface area is 103 Å². The Morgan fingerprint density at radius 3 is 2.00 bits per heavy atom. The summed E-state index contributed by atoms with van der Waals surface area (Å²) in [6.07, 6.45) is -0.522. The van der Waals surface area contributed by atoms with Crippen LogP contribution in [-0.2, 0) is 13.8 Å². The van der Waals surface area contributed by atoms with Crippen LogP contribution in [-0.4, -0.2) is 80.3 Å². The number of rotatable bonds is 7. The maximum Gasteiger partial charge on any atom is 0.694 e. The van der Waals surface area contributed by atoms with Crippen LogP contribution in [0.4, 0.5) is 0 Å². The van der Waals surface area contributed by atoms with Gasteiger partial charge in [0.2, 0.25) is 0 Å². The largest absolute Gasteiger partial charge is 0.694 e. The molecule has 0 aromatic carbocycles. The van der Waals surface area contributed by atoms with E-state index < -0.39 is 14.4 Å². The highest BCUT2D eigenvalue weighted by molar-refractivity contribution is 7.32. The molecular weight excluding hydrogens is 249 g/mol. The van der Waals surface area contributed by atoms with Crippen LogP contribution in [0, 0.1) is 0 Å². The molecule has 0 amide bonds. The van der Waals surface area contributed by atoms with Crippen molar-refractivity contribution in [3.05, 3.63) is 0 Å². The smallest absolute Gasteiger partial charge is 0.394 e. The fraction of sp³-hybridized carbons (Fsp3) is 1.00. The minimum Gasteiger partial charge on any atom is -0.394 e. The second-order valence-electron chi connectivity index (χ2n) is 4.31. The van der Waals surface area contributed by atoms with E-state index in [1.54, 1.807) is 0 Å². The molecule has 0 saturated heterocycles. The molecule has 0 rings (SSSR count). The van der Waals surface area contributed by atoms with Gasteiger partial charge in [-0.2, -0.15) is 0 Å². The minimum absolute atomic E-state index is 0.0707. The summed E-state index contributed by atoms with van der Waals surface area (Å²) in [7, 11) is 4.95. The summed E-state index contributed by atoms with van der Waals surface area (Å²) in [5, 5.41) is 16.8. The van der Waals surface area contributed by atoms with Gasteiger partial charge in [0.05, 0.1) is 34.4 Å². The van der Waals surface area contributed by atoms with Gasteiger partial charge in [-0.3, -0.25) is 0 Å². The van der Waals surface area contributed by atoms with Crippen LogP contribution in [0.1, 0.15) is 0 Å². The molecule has 7 nitrogen and oxygen atoms in total. The lowest BCUT2D eigenvalue weighted by Crippen LogP contribution is -2.36. The van der Waals surface area contributed by atoms with Gasteiger partial charge >= 0.3 is 8.25 Å². The number of ether oxygens (including phenoxy) is 1. The highest BCUT2D eigenvalue weighted by atomic mass is 31.1. The summed E-state index contributed by atoms with van der Waals surface area (Å²) in [5.74, 6) is 0. The molecule has 0 saturated carbocycles. The number of hydrogen-bond acceptors (Lipinski definition) is 5. The molecule has 0 heterocycles. The Hall–Kier alpha value is -0.140. The van der Waals surface area contributed by atoms with E-state index in [-0.39, 0.29) is 19.8 Å². The topological polar surface area (TPSA) is 96.2 Å². The Kier molecular flexibility index (Phi) is 12.4. The second-order valence-corrected chi connectivity index (χ2v) is 5.05. The van der Waals surface area contributed by atoms with Crippen molar-refractivity contribution in [3.8, 4) is 0 Å². The van der Waals surface area contributed by atoms with Crippen molar-refractivity contribution in [2.75, 3.05) is 54.6 Å². The van der Waals surface area contributed by atoms with Crippen molar-refractivity contribution in [3.63, 3.8) is 0 Å². The Morgan fingerprint density at radius 1 is 1.29 bits per heavy atom. The third-order valence-corrected chi connectivity index (χ3v) is 2.05. The lowest BCUT2D eigenvalue weighted by Gasteiger charge is -2.21.